The average molecular weight is 283 g/mol. The molecule has 16 heavy (non-hydrogen) atoms. The zero-order valence-corrected chi connectivity index (χ0v) is 11.3. The van der Waals surface area contributed by atoms with E-state index in [2.05, 4.69) is 52.0 Å². The summed E-state index contributed by atoms with van der Waals surface area (Å²) in [5, 5.41) is 0. The third-order valence-corrected chi connectivity index (χ3v) is 4.09. The van der Waals surface area contributed by atoms with Crippen LogP contribution in [0.1, 0.15) is 18.9 Å². The van der Waals surface area contributed by atoms with Crippen LogP contribution in [0.4, 0.5) is 0 Å². The minimum absolute atomic E-state index is 0.131. The highest BCUT2D eigenvalue weighted by molar-refractivity contribution is 9.10. The molecule has 0 aromatic heterocycles. The SMILES string of the molecule is CC(CN)(Cc1ccc(Br)cc1)N1CCC1. The Bertz CT molecular complexity index is 345. The van der Waals surface area contributed by atoms with Crippen LogP contribution in [0.3, 0.4) is 0 Å². The van der Waals surface area contributed by atoms with Gasteiger partial charge in [0.25, 0.3) is 0 Å². The molecule has 0 spiro atoms. The Hall–Kier alpha value is -0.380. The second kappa shape index (κ2) is 4.86. The molecule has 1 fully saturated rings. The molecule has 1 unspecified atom stereocenters. The Balaban J connectivity index is 2.08. The van der Waals surface area contributed by atoms with Gasteiger partial charge in [0.05, 0.1) is 0 Å². The minimum atomic E-state index is 0.131. The normalized spacial score (nSPS) is 20.2. The molecule has 0 amide bonds. The summed E-state index contributed by atoms with van der Waals surface area (Å²) in [6.07, 6.45) is 2.35. The first-order valence-corrected chi connectivity index (χ1v) is 6.63. The monoisotopic (exact) mass is 282 g/mol. The zero-order valence-electron chi connectivity index (χ0n) is 9.75. The molecule has 0 radical (unpaired) electrons. The smallest absolute Gasteiger partial charge is 0.0343 e. The summed E-state index contributed by atoms with van der Waals surface area (Å²) in [4.78, 5) is 2.50. The molecule has 1 aliphatic rings. The molecule has 0 saturated carbocycles. The van der Waals surface area contributed by atoms with E-state index in [0.717, 1.165) is 17.4 Å². The van der Waals surface area contributed by atoms with Crippen LogP contribution in [0, 0.1) is 0 Å². The number of rotatable bonds is 4. The summed E-state index contributed by atoms with van der Waals surface area (Å²) < 4.78 is 1.13. The van der Waals surface area contributed by atoms with Crippen molar-refractivity contribution in [2.45, 2.75) is 25.3 Å². The van der Waals surface area contributed by atoms with Crippen molar-refractivity contribution in [1.29, 1.82) is 0 Å². The molecular formula is C13H19BrN2. The largest absolute Gasteiger partial charge is 0.329 e. The number of likely N-dealkylation sites (tertiary alicyclic amines) is 1. The number of nitrogens with two attached hydrogens (primary N) is 1. The lowest BCUT2D eigenvalue weighted by Gasteiger charge is -2.46. The Morgan fingerprint density at radius 2 is 1.94 bits per heavy atom. The van der Waals surface area contributed by atoms with Gasteiger partial charge in [0.15, 0.2) is 0 Å². The van der Waals surface area contributed by atoms with E-state index in [-0.39, 0.29) is 5.54 Å². The highest BCUT2D eigenvalue weighted by atomic mass is 79.9. The van der Waals surface area contributed by atoms with Crippen LogP contribution in [0.15, 0.2) is 28.7 Å². The fraction of sp³-hybridized carbons (Fsp3) is 0.538. The molecule has 1 aromatic carbocycles. The summed E-state index contributed by atoms with van der Waals surface area (Å²) in [5.74, 6) is 0. The number of hydrogen-bond acceptors (Lipinski definition) is 2. The van der Waals surface area contributed by atoms with Gasteiger partial charge in [-0.25, -0.2) is 0 Å². The summed E-state index contributed by atoms with van der Waals surface area (Å²) in [5.41, 5.74) is 7.44. The van der Waals surface area contributed by atoms with Gasteiger partial charge in [-0.3, -0.25) is 4.90 Å². The first-order chi connectivity index (χ1) is 7.64. The number of hydrogen-bond donors (Lipinski definition) is 1. The number of benzene rings is 1. The molecule has 0 aliphatic carbocycles. The quantitative estimate of drug-likeness (QED) is 0.919. The van der Waals surface area contributed by atoms with Gasteiger partial charge in [0, 0.05) is 16.6 Å². The Morgan fingerprint density at radius 1 is 1.31 bits per heavy atom. The van der Waals surface area contributed by atoms with Crippen LogP contribution in [0.2, 0.25) is 0 Å². The van der Waals surface area contributed by atoms with Gasteiger partial charge in [-0.15, -0.1) is 0 Å². The van der Waals surface area contributed by atoms with Gasteiger partial charge >= 0.3 is 0 Å². The molecular weight excluding hydrogens is 264 g/mol. The molecule has 1 aliphatic heterocycles. The van der Waals surface area contributed by atoms with E-state index in [1.165, 1.54) is 25.1 Å². The maximum absolute atomic E-state index is 5.94. The first-order valence-electron chi connectivity index (χ1n) is 5.84. The summed E-state index contributed by atoms with van der Waals surface area (Å²) in [6, 6.07) is 8.56. The zero-order chi connectivity index (χ0) is 11.6. The van der Waals surface area contributed by atoms with E-state index < -0.39 is 0 Å². The molecule has 0 bridgehead atoms. The van der Waals surface area contributed by atoms with Gasteiger partial charge in [0.1, 0.15) is 0 Å². The van der Waals surface area contributed by atoms with Crippen molar-refractivity contribution in [3.05, 3.63) is 34.3 Å². The second-order valence-corrected chi connectivity index (χ2v) is 5.76. The topological polar surface area (TPSA) is 29.3 Å². The molecule has 1 atom stereocenters. The average Bonchev–Trinajstić information content (AvgIpc) is 2.19. The standard InChI is InChI=1S/C13H19BrN2/c1-13(10-15,16-7-2-8-16)9-11-3-5-12(14)6-4-11/h3-6H,2,7-10,15H2,1H3. The molecule has 2 N–H and O–H groups in total. The minimum Gasteiger partial charge on any atom is -0.329 e. The molecule has 2 rings (SSSR count). The Morgan fingerprint density at radius 3 is 2.38 bits per heavy atom. The fourth-order valence-corrected chi connectivity index (χ4v) is 2.48. The van der Waals surface area contributed by atoms with E-state index in [1.54, 1.807) is 0 Å². The summed E-state index contributed by atoms with van der Waals surface area (Å²) in [6.45, 7) is 5.39. The third kappa shape index (κ3) is 2.47. The van der Waals surface area contributed by atoms with Crippen molar-refractivity contribution in [2.24, 2.45) is 5.73 Å². The summed E-state index contributed by atoms with van der Waals surface area (Å²) >= 11 is 3.46. The van der Waals surface area contributed by atoms with Crippen LogP contribution in [-0.4, -0.2) is 30.1 Å². The lowest BCUT2D eigenvalue weighted by atomic mass is 9.88. The third-order valence-electron chi connectivity index (χ3n) is 3.56. The van der Waals surface area contributed by atoms with E-state index in [9.17, 15) is 0 Å². The van der Waals surface area contributed by atoms with Crippen LogP contribution < -0.4 is 5.73 Å². The van der Waals surface area contributed by atoms with Gasteiger partial charge in [0.2, 0.25) is 0 Å². The predicted octanol–water partition coefficient (Wildman–Crippen LogP) is 2.41. The number of nitrogens with zero attached hydrogens (tertiary/aromatic N) is 1. The van der Waals surface area contributed by atoms with Crippen molar-refractivity contribution in [3.8, 4) is 0 Å². The van der Waals surface area contributed by atoms with E-state index in [0.29, 0.717) is 0 Å². The Labute approximate surface area is 106 Å². The van der Waals surface area contributed by atoms with Crippen molar-refractivity contribution in [3.63, 3.8) is 0 Å². The highest BCUT2D eigenvalue weighted by Crippen LogP contribution is 2.25. The van der Waals surface area contributed by atoms with Crippen LogP contribution >= 0.6 is 15.9 Å². The molecule has 88 valence electrons. The molecule has 1 aromatic rings. The van der Waals surface area contributed by atoms with Gasteiger partial charge in [-0.1, -0.05) is 28.1 Å². The lowest BCUT2D eigenvalue weighted by molar-refractivity contribution is 0.0481. The molecule has 2 nitrogen and oxygen atoms in total. The van der Waals surface area contributed by atoms with Crippen molar-refractivity contribution < 1.29 is 0 Å². The fourth-order valence-electron chi connectivity index (χ4n) is 2.21. The maximum Gasteiger partial charge on any atom is 0.0343 e. The number of halogens is 1. The van der Waals surface area contributed by atoms with Gasteiger partial charge in [-0.05, 0) is 50.6 Å². The molecule has 3 heteroatoms. The van der Waals surface area contributed by atoms with E-state index in [4.69, 9.17) is 5.73 Å². The van der Waals surface area contributed by atoms with Crippen molar-refractivity contribution >= 4 is 15.9 Å². The van der Waals surface area contributed by atoms with Gasteiger partial charge in [-0.2, -0.15) is 0 Å². The second-order valence-electron chi connectivity index (χ2n) is 4.84. The Kier molecular flexibility index (Phi) is 3.67. The summed E-state index contributed by atoms with van der Waals surface area (Å²) in [7, 11) is 0. The van der Waals surface area contributed by atoms with Crippen LogP contribution in [-0.2, 0) is 6.42 Å². The van der Waals surface area contributed by atoms with Gasteiger partial charge < -0.3 is 5.73 Å². The van der Waals surface area contributed by atoms with Crippen LogP contribution in [0.25, 0.3) is 0 Å². The molecule has 1 saturated heterocycles. The maximum atomic E-state index is 5.94. The predicted molar refractivity (Wildman–Crippen MR) is 71.5 cm³/mol. The highest BCUT2D eigenvalue weighted by Gasteiger charge is 2.34. The first kappa shape index (κ1) is 12.1. The van der Waals surface area contributed by atoms with E-state index >= 15 is 0 Å². The van der Waals surface area contributed by atoms with Crippen LogP contribution in [0.5, 0.6) is 0 Å². The molecule has 1 heterocycles. The van der Waals surface area contributed by atoms with E-state index in [1.807, 2.05) is 0 Å². The van der Waals surface area contributed by atoms with Crippen molar-refractivity contribution in [2.75, 3.05) is 19.6 Å². The lowest BCUT2D eigenvalue weighted by Crippen LogP contribution is -2.58. The van der Waals surface area contributed by atoms with Crippen molar-refractivity contribution in [1.82, 2.24) is 4.90 Å².